The summed E-state index contributed by atoms with van der Waals surface area (Å²) in [6, 6.07) is 9.73. The zero-order valence-corrected chi connectivity index (χ0v) is 15.8. The van der Waals surface area contributed by atoms with Gasteiger partial charge in [0.25, 0.3) is 0 Å². The highest BCUT2D eigenvalue weighted by Crippen LogP contribution is 2.15. The molecule has 1 aromatic carbocycles. The standard InChI is InChI=1S/C23H31NO/c1-3-5-6-7-8-9-10-11-12-15-20-19-23(25)21-16-13-14-17-22(21)24(20)18-4-2/h13-14,16-17,19H,3-9,12,15,18H2,1-2H3. The summed E-state index contributed by atoms with van der Waals surface area (Å²) >= 11 is 0. The highest BCUT2D eigenvalue weighted by atomic mass is 16.1. The topological polar surface area (TPSA) is 22.0 Å². The van der Waals surface area contributed by atoms with Gasteiger partial charge in [0.1, 0.15) is 0 Å². The van der Waals surface area contributed by atoms with Crippen LogP contribution in [-0.4, -0.2) is 4.57 Å². The number of rotatable bonds is 9. The largest absolute Gasteiger partial charge is 0.344 e. The van der Waals surface area contributed by atoms with Gasteiger partial charge in [-0.2, -0.15) is 0 Å². The molecule has 2 nitrogen and oxygen atoms in total. The van der Waals surface area contributed by atoms with Gasteiger partial charge in [0.05, 0.1) is 5.52 Å². The van der Waals surface area contributed by atoms with Gasteiger partial charge < -0.3 is 4.57 Å². The Morgan fingerprint density at radius 2 is 1.68 bits per heavy atom. The Morgan fingerprint density at radius 1 is 0.920 bits per heavy atom. The van der Waals surface area contributed by atoms with Crippen LogP contribution in [0.2, 0.25) is 0 Å². The van der Waals surface area contributed by atoms with Gasteiger partial charge in [-0.25, -0.2) is 0 Å². The van der Waals surface area contributed by atoms with Crippen LogP contribution in [0.25, 0.3) is 10.9 Å². The molecule has 2 aromatic rings. The summed E-state index contributed by atoms with van der Waals surface area (Å²) in [5, 5.41) is 0.817. The van der Waals surface area contributed by atoms with Crippen LogP contribution in [0.15, 0.2) is 35.1 Å². The number of hydrogen-bond donors (Lipinski definition) is 0. The van der Waals surface area contributed by atoms with Crippen LogP contribution >= 0.6 is 0 Å². The minimum absolute atomic E-state index is 0.127. The number of hydrogen-bond acceptors (Lipinski definition) is 1. The predicted octanol–water partition coefficient (Wildman–Crippen LogP) is 5.71. The molecule has 0 saturated heterocycles. The second-order valence-corrected chi connectivity index (χ2v) is 6.69. The first-order valence-corrected chi connectivity index (χ1v) is 9.85. The third-order valence-electron chi connectivity index (χ3n) is 4.59. The van der Waals surface area contributed by atoms with Gasteiger partial charge in [0.2, 0.25) is 0 Å². The summed E-state index contributed by atoms with van der Waals surface area (Å²) in [5.41, 5.74) is 2.29. The van der Waals surface area contributed by atoms with E-state index in [-0.39, 0.29) is 5.43 Å². The molecule has 2 heteroatoms. The molecule has 0 unspecified atom stereocenters. The molecule has 1 aromatic heterocycles. The summed E-state index contributed by atoms with van der Waals surface area (Å²) in [5.74, 6) is 6.59. The third kappa shape index (κ3) is 5.78. The summed E-state index contributed by atoms with van der Waals surface area (Å²) in [4.78, 5) is 12.4. The molecule has 0 aliphatic rings. The van der Waals surface area contributed by atoms with Crippen molar-refractivity contribution in [3.05, 3.63) is 46.2 Å². The van der Waals surface area contributed by atoms with Gasteiger partial charge in [0.15, 0.2) is 5.43 Å². The SMILES string of the molecule is CCCCCCCC#CCCc1cc(=O)c2ccccc2n1CCC. The maximum atomic E-state index is 12.4. The number of pyridine rings is 1. The van der Waals surface area contributed by atoms with Gasteiger partial charge in [-0.05, 0) is 31.4 Å². The number of unbranched alkanes of at least 4 members (excludes halogenated alkanes) is 5. The first-order valence-electron chi connectivity index (χ1n) is 9.85. The van der Waals surface area contributed by atoms with E-state index in [1.165, 1.54) is 32.1 Å². The Labute approximate surface area is 152 Å². The second kappa shape index (κ2) is 10.8. The molecule has 0 bridgehead atoms. The summed E-state index contributed by atoms with van der Waals surface area (Å²) in [6.45, 7) is 5.36. The van der Waals surface area contributed by atoms with E-state index >= 15 is 0 Å². The molecule has 0 fully saturated rings. The average Bonchev–Trinajstić information content (AvgIpc) is 2.63. The Hall–Kier alpha value is -2.01. The molecular formula is C23H31NO. The fourth-order valence-electron chi connectivity index (χ4n) is 3.26. The number of fused-ring (bicyclic) bond motifs is 1. The van der Waals surface area contributed by atoms with Gasteiger partial charge in [0, 0.05) is 36.5 Å². The van der Waals surface area contributed by atoms with Crippen molar-refractivity contribution in [3.8, 4) is 11.8 Å². The molecule has 0 spiro atoms. The first-order chi connectivity index (χ1) is 12.3. The smallest absolute Gasteiger partial charge is 0.189 e. The molecule has 0 radical (unpaired) electrons. The van der Waals surface area contributed by atoms with E-state index in [0.717, 1.165) is 48.8 Å². The van der Waals surface area contributed by atoms with Crippen molar-refractivity contribution in [1.82, 2.24) is 4.57 Å². The van der Waals surface area contributed by atoms with Gasteiger partial charge in [-0.3, -0.25) is 4.79 Å². The molecular weight excluding hydrogens is 306 g/mol. The number of para-hydroxylation sites is 1. The lowest BCUT2D eigenvalue weighted by atomic mass is 10.1. The molecule has 0 atom stereocenters. The van der Waals surface area contributed by atoms with Crippen LogP contribution in [0, 0.1) is 11.8 Å². The number of aryl methyl sites for hydroxylation is 2. The lowest BCUT2D eigenvalue weighted by Crippen LogP contribution is -2.14. The Kier molecular flexibility index (Phi) is 8.32. The van der Waals surface area contributed by atoms with Crippen molar-refractivity contribution >= 4 is 10.9 Å². The minimum Gasteiger partial charge on any atom is -0.344 e. The second-order valence-electron chi connectivity index (χ2n) is 6.69. The Balaban J connectivity index is 1.99. The van der Waals surface area contributed by atoms with E-state index in [1.54, 1.807) is 0 Å². The number of aromatic nitrogens is 1. The van der Waals surface area contributed by atoms with Crippen molar-refractivity contribution in [3.63, 3.8) is 0 Å². The zero-order chi connectivity index (χ0) is 17.9. The molecule has 0 aliphatic heterocycles. The van der Waals surface area contributed by atoms with Gasteiger partial charge in [-0.1, -0.05) is 51.7 Å². The van der Waals surface area contributed by atoms with E-state index in [0.29, 0.717) is 0 Å². The van der Waals surface area contributed by atoms with E-state index in [1.807, 2.05) is 24.3 Å². The Bertz CT molecular complexity index is 776. The summed E-state index contributed by atoms with van der Waals surface area (Å²) < 4.78 is 2.29. The van der Waals surface area contributed by atoms with Crippen molar-refractivity contribution in [2.24, 2.45) is 0 Å². The molecule has 1 heterocycles. The van der Waals surface area contributed by atoms with E-state index in [4.69, 9.17) is 0 Å². The maximum Gasteiger partial charge on any atom is 0.189 e. The van der Waals surface area contributed by atoms with Crippen LogP contribution < -0.4 is 5.43 Å². The first kappa shape index (κ1) is 19.3. The van der Waals surface area contributed by atoms with Crippen LogP contribution in [0.3, 0.4) is 0 Å². The van der Waals surface area contributed by atoms with E-state index in [9.17, 15) is 4.79 Å². The van der Waals surface area contributed by atoms with Crippen molar-refractivity contribution in [1.29, 1.82) is 0 Å². The van der Waals surface area contributed by atoms with E-state index in [2.05, 4.69) is 36.3 Å². The van der Waals surface area contributed by atoms with Gasteiger partial charge >= 0.3 is 0 Å². The molecule has 0 N–H and O–H groups in total. The van der Waals surface area contributed by atoms with Crippen LogP contribution in [0.1, 0.15) is 70.9 Å². The fourth-order valence-corrected chi connectivity index (χ4v) is 3.26. The van der Waals surface area contributed by atoms with Crippen molar-refractivity contribution < 1.29 is 0 Å². The summed E-state index contributed by atoms with van der Waals surface area (Å²) in [6.07, 6.45) is 10.2. The normalized spacial score (nSPS) is 10.6. The minimum atomic E-state index is 0.127. The third-order valence-corrected chi connectivity index (χ3v) is 4.59. The fraction of sp³-hybridized carbons (Fsp3) is 0.522. The van der Waals surface area contributed by atoms with E-state index < -0.39 is 0 Å². The Morgan fingerprint density at radius 3 is 2.48 bits per heavy atom. The zero-order valence-electron chi connectivity index (χ0n) is 15.8. The average molecular weight is 338 g/mol. The lowest BCUT2D eigenvalue weighted by molar-refractivity contribution is 0.640. The van der Waals surface area contributed by atoms with Crippen LogP contribution in [0.5, 0.6) is 0 Å². The molecule has 0 saturated carbocycles. The number of benzene rings is 1. The quantitative estimate of drug-likeness (QED) is 0.424. The van der Waals surface area contributed by atoms with Crippen LogP contribution in [0.4, 0.5) is 0 Å². The maximum absolute atomic E-state index is 12.4. The molecule has 134 valence electrons. The van der Waals surface area contributed by atoms with Crippen LogP contribution in [-0.2, 0) is 13.0 Å². The molecule has 25 heavy (non-hydrogen) atoms. The predicted molar refractivity (Wildman–Crippen MR) is 108 cm³/mol. The number of nitrogens with zero attached hydrogens (tertiary/aromatic N) is 1. The molecule has 0 amide bonds. The molecule has 2 rings (SSSR count). The van der Waals surface area contributed by atoms with Gasteiger partial charge in [-0.15, -0.1) is 11.8 Å². The highest BCUT2D eigenvalue weighted by Gasteiger charge is 2.07. The monoisotopic (exact) mass is 337 g/mol. The highest BCUT2D eigenvalue weighted by molar-refractivity contribution is 5.79. The van der Waals surface area contributed by atoms with Crippen molar-refractivity contribution in [2.45, 2.75) is 78.2 Å². The summed E-state index contributed by atoms with van der Waals surface area (Å²) in [7, 11) is 0. The van der Waals surface area contributed by atoms with Crippen molar-refractivity contribution in [2.75, 3.05) is 0 Å². The lowest BCUT2D eigenvalue weighted by Gasteiger charge is -2.15. The molecule has 0 aliphatic carbocycles.